The molecule has 0 saturated carbocycles. The van der Waals surface area contributed by atoms with E-state index in [1.54, 1.807) is 4.52 Å². The summed E-state index contributed by atoms with van der Waals surface area (Å²) >= 11 is 0. The molecule has 7 nitrogen and oxygen atoms in total. The Labute approximate surface area is 140 Å². The van der Waals surface area contributed by atoms with Crippen LogP contribution >= 0.6 is 0 Å². The molecule has 1 aliphatic rings. The molecule has 1 aliphatic heterocycles. The topological polar surface area (TPSA) is 90.7 Å². The van der Waals surface area contributed by atoms with E-state index in [4.69, 9.17) is 0 Å². The minimum Gasteiger partial charge on any atom is -0.465 e. The number of nitrogens with one attached hydrogen (secondary N) is 1. The summed E-state index contributed by atoms with van der Waals surface area (Å²) in [4.78, 5) is 28.0. The van der Waals surface area contributed by atoms with Crippen molar-refractivity contribution in [3.8, 4) is 0 Å². The van der Waals surface area contributed by atoms with Crippen LogP contribution in [0.25, 0.3) is 5.65 Å². The van der Waals surface area contributed by atoms with Gasteiger partial charge >= 0.3 is 6.09 Å². The molecule has 3 rings (SSSR count). The largest absolute Gasteiger partial charge is 0.465 e. The predicted octanol–water partition coefficient (Wildman–Crippen LogP) is 2.74. The van der Waals surface area contributed by atoms with E-state index in [-0.39, 0.29) is 11.0 Å². The van der Waals surface area contributed by atoms with Crippen molar-refractivity contribution in [1.29, 1.82) is 0 Å². The van der Waals surface area contributed by atoms with E-state index < -0.39 is 11.6 Å². The van der Waals surface area contributed by atoms with E-state index in [0.29, 0.717) is 17.9 Å². The van der Waals surface area contributed by atoms with Gasteiger partial charge in [0.15, 0.2) is 0 Å². The third-order valence-electron chi connectivity index (χ3n) is 5.16. The number of hydrogen-bond acceptors (Lipinski definition) is 3. The minimum absolute atomic E-state index is 0.185. The fourth-order valence-electron chi connectivity index (χ4n) is 4.02. The van der Waals surface area contributed by atoms with Gasteiger partial charge in [-0.15, -0.1) is 0 Å². The van der Waals surface area contributed by atoms with Crippen LogP contribution in [0.15, 0.2) is 16.9 Å². The van der Waals surface area contributed by atoms with E-state index >= 15 is 0 Å². The summed E-state index contributed by atoms with van der Waals surface area (Å²) in [5.74, 6) is 0. The van der Waals surface area contributed by atoms with Gasteiger partial charge < -0.3 is 10.1 Å². The second-order valence-corrected chi connectivity index (χ2v) is 7.60. The third-order valence-corrected chi connectivity index (χ3v) is 5.16. The zero-order chi connectivity index (χ0) is 17.7. The highest BCUT2D eigenvalue weighted by Crippen LogP contribution is 2.49. The van der Waals surface area contributed by atoms with E-state index in [9.17, 15) is 14.7 Å². The van der Waals surface area contributed by atoms with Crippen LogP contribution in [0, 0.1) is 12.3 Å². The van der Waals surface area contributed by atoms with Gasteiger partial charge in [0.1, 0.15) is 5.65 Å². The normalized spacial score (nSPS) is 22.1. The van der Waals surface area contributed by atoms with E-state index in [1.165, 1.54) is 11.0 Å². The molecule has 1 amide bonds. The molecular weight excluding hydrogens is 308 g/mol. The Bertz CT molecular complexity index is 846. The number of carbonyl (C=O) groups is 1. The fourth-order valence-corrected chi connectivity index (χ4v) is 4.02. The SMILES string of the molecule is Cc1cc(=O)[nH]c2cc([C@@]3(C(C)(C)C)CCCCN3C(=O)O)nn12. The number of piperidine rings is 1. The van der Waals surface area contributed by atoms with Crippen molar-refractivity contribution in [2.45, 2.75) is 52.5 Å². The van der Waals surface area contributed by atoms with Crippen LogP contribution in [0.4, 0.5) is 4.79 Å². The Balaban J connectivity index is 2.29. The summed E-state index contributed by atoms with van der Waals surface area (Å²) < 4.78 is 1.68. The summed E-state index contributed by atoms with van der Waals surface area (Å²) in [6.45, 7) is 8.46. The first-order valence-electron chi connectivity index (χ1n) is 8.27. The number of hydrogen-bond donors (Lipinski definition) is 2. The summed E-state index contributed by atoms with van der Waals surface area (Å²) in [5, 5.41) is 14.5. The minimum atomic E-state index is -0.924. The smallest absolute Gasteiger partial charge is 0.408 e. The van der Waals surface area contributed by atoms with E-state index in [0.717, 1.165) is 25.0 Å². The van der Waals surface area contributed by atoms with Gasteiger partial charge in [-0.3, -0.25) is 9.69 Å². The molecule has 0 radical (unpaired) electrons. The van der Waals surface area contributed by atoms with Gasteiger partial charge in [-0.25, -0.2) is 9.31 Å². The van der Waals surface area contributed by atoms with Crippen LogP contribution in [0.3, 0.4) is 0 Å². The number of aromatic amines is 1. The molecule has 0 bridgehead atoms. The first-order chi connectivity index (χ1) is 11.2. The Morgan fingerprint density at radius 2 is 2.04 bits per heavy atom. The molecule has 2 aromatic rings. The predicted molar refractivity (Wildman–Crippen MR) is 90.3 cm³/mol. The van der Waals surface area contributed by atoms with Crippen molar-refractivity contribution in [2.75, 3.05) is 6.54 Å². The molecular formula is C17H24N4O3. The molecule has 2 N–H and O–H groups in total. The molecule has 7 heteroatoms. The molecule has 0 aromatic carbocycles. The average Bonchev–Trinajstić information content (AvgIpc) is 2.90. The van der Waals surface area contributed by atoms with Gasteiger partial charge in [-0.05, 0) is 31.6 Å². The molecule has 3 heterocycles. The standard InChI is InChI=1S/C17H24N4O3/c1-11-9-14(22)18-13-10-12(19-21(11)13)17(16(2,3)4)7-5-6-8-20(17)15(23)24/h9-10H,5-8H2,1-4H3,(H,18,22)(H,23,24)/t17-/m1/s1. The van der Waals surface area contributed by atoms with Crippen LogP contribution in [0.1, 0.15) is 51.4 Å². The van der Waals surface area contributed by atoms with Crippen molar-refractivity contribution in [2.24, 2.45) is 5.41 Å². The van der Waals surface area contributed by atoms with E-state index in [1.807, 2.05) is 33.8 Å². The number of rotatable bonds is 1. The maximum Gasteiger partial charge on any atom is 0.408 e. The second kappa shape index (κ2) is 5.36. The van der Waals surface area contributed by atoms with Gasteiger partial charge in [0, 0.05) is 24.4 Å². The lowest BCUT2D eigenvalue weighted by Gasteiger charge is -2.52. The number of likely N-dealkylation sites (tertiary alicyclic amines) is 1. The molecule has 0 aliphatic carbocycles. The molecule has 1 saturated heterocycles. The molecule has 0 unspecified atom stereocenters. The molecule has 130 valence electrons. The Morgan fingerprint density at radius 1 is 1.33 bits per heavy atom. The lowest BCUT2D eigenvalue weighted by molar-refractivity contribution is -0.0324. The van der Waals surface area contributed by atoms with Gasteiger partial charge in [0.05, 0.1) is 11.2 Å². The lowest BCUT2D eigenvalue weighted by Crippen LogP contribution is -2.59. The zero-order valence-corrected chi connectivity index (χ0v) is 14.6. The second-order valence-electron chi connectivity index (χ2n) is 7.60. The number of nitrogens with zero attached hydrogens (tertiary/aromatic N) is 3. The van der Waals surface area contributed by atoms with Gasteiger partial charge in [0.25, 0.3) is 5.56 Å². The van der Waals surface area contributed by atoms with Crippen LogP contribution in [-0.2, 0) is 5.54 Å². The van der Waals surface area contributed by atoms with Crippen molar-refractivity contribution in [1.82, 2.24) is 19.5 Å². The number of amides is 1. The Kier molecular flexibility index (Phi) is 3.69. The number of aromatic nitrogens is 3. The maximum absolute atomic E-state index is 12.0. The van der Waals surface area contributed by atoms with Crippen molar-refractivity contribution >= 4 is 11.7 Å². The van der Waals surface area contributed by atoms with Gasteiger partial charge in [-0.2, -0.15) is 5.10 Å². The Hall–Kier alpha value is -2.31. The van der Waals surface area contributed by atoms with Crippen LogP contribution in [0.2, 0.25) is 0 Å². The number of aryl methyl sites for hydroxylation is 1. The van der Waals surface area contributed by atoms with Crippen LogP contribution < -0.4 is 5.56 Å². The quantitative estimate of drug-likeness (QED) is 0.840. The number of carboxylic acid groups (broad SMARTS) is 1. The average molecular weight is 332 g/mol. The summed E-state index contributed by atoms with van der Waals surface area (Å²) in [6.07, 6.45) is 1.60. The maximum atomic E-state index is 12.0. The third kappa shape index (κ3) is 2.30. The lowest BCUT2D eigenvalue weighted by atomic mass is 9.66. The fraction of sp³-hybridized carbons (Fsp3) is 0.588. The Morgan fingerprint density at radius 3 is 2.67 bits per heavy atom. The van der Waals surface area contributed by atoms with Gasteiger partial charge in [-0.1, -0.05) is 20.8 Å². The highest BCUT2D eigenvalue weighted by molar-refractivity contribution is 5.67. The highest BCUT2D eigenvalue weighted by atomic mass is 16.4. The first-order valence-corrected chi connectivity index (χ1v) is 8.27. The summed E-state index contributed by atoms with van der Waals surface area (Å²) in [6, 6.07) is 3.31. The first kappa shape index (κ1) is 16.5. The van der Waals surface area contributed by atoms with Crippen molar-refractivity contribution < 1.29 is 9.90 Å². The number of fused-ring (bicyclic) bond motifs is 1. The molecule has 1 fully saturated rings. The molecule has 0 spiro atoms. The molecule has 24 heavy (non-hydrogen) atoms. The van der Waals surface area contributed by atoms with Gasteiger partial charge in [0.2, 0.25) is 0 Å². The monoisotopic (exact) mass is 332 g/mol. The molecule has 1 atom stereocenters. The number of H-pyrrole nitrogens is 1. The summed E-state index contributed by atoms with van der Waals surface area (Å²) in [5.41, 5.74) is 0.776. The van der Waals surface area contributed by atoms with Crippen molar-refractivity contribution in [3.05, 3.63) is 33.9 Å². The zero-order valence-electron chi connectivity index (χ0n) is 14.6. The van der Waals surface area contributed by atoms with Crippen LogP contribution in [-0.4, -0.2) is 37.2 Å². The molecule has 2 aromatic heterocycles. The summed E-state index contributed by atoms with van der Waals surface area (Å²) in [7, 11) is 0. The highest BCUT2D eigenvalue weighted by Gasteiger charge is 2.53. The van der Waals surface area contributed by atoms with Crippen molar-refractivity contribution in [3.63, 3.8) is 0 Å². The van der Waals surface area contributed by atoms with Crippen LogP contribution in [0.5, 0.6) is 0 Å². The van der Waals surface area contributed by atoms with E-state index in [2.05, 4.69) is 10.1 Å².